The Morgan fingerprint density at radius 2 is 2.14 bits per heavy atom. The lowest BCUT2D eigenvalue weighted by Crippen LogP contribution is -2.40. The van der Waals surface area contributed by atoms with Crippen molar-refractivity contribution in [3.8, 4) is 0 Å². The molecule has 0 fully saturated rings. The van der Waals surface area contributed by atoms with Crippen LogP contribution in [0.25, 0.3) is 0 Å². The smallest absolute Gasteiger partial charge is 0.224 e. The zero-order chi connectivity index (χ0) is 14.7. The molecule has 3 rings (SSSR count). The van der Waals surface area contributed by atoms with Gasteiger partial charge >= 0.3 is 0 Å². The maximum Gasteiger partial charge on any atom is 0.224 e. The molecule has 2 aromatic rings. The minimum Gasteiger partial charge on any atom is -0.331 e. The lowest BCUT2D eigenvalue weighted by molar-refractivity contribution is -0.133. The number of rotatable bonds is 4. The number of hydrogen-bond acceptors (Lipinski definition) is 3. The Bertz CT molecular complexity index is 608. The Morgan fingerprint density at radius 1 is 1.33 bits per heavy atom. The van der Waals surface area contributed by atoms with E-state index in [2.05, 4.69) is 28.9 Å². The molecule has 0 spiro atoms. The molecule has 0 radical (unpaired) electrons. The van der Waals surface area contributed by atoms with Gasteiger partial charge in [0, 0.05) is 24.4 Å². The molecule has 1 N–H and O–H groups in total. The molecule has 1 aromatic heterocycles. The molecule has 0 bridgehead atoms. The second-order valence-corrected chi connectivity index (χ2v) is 6.30. The van der Waals surface area contributed by atoms with Gasteiger partial charge in [-0.25, -0.2) is 0 Å². The summed E-state index contributed by atoms with van der Waals surface area (Å²) in [7, 11) is 1.88. The van der Waals surface area contributed by atoms with Gasteiger partial charge in [-0.05, 0) is 36.0 Å². The van der Waals surface area contributed by atoms with Crippen molar-refractivity contribution in [1.29, 1.82) is 0 Å². The summed E-state index contributed by atoms with van der Waals surface area (Å²) in [6.07, 6.45) is 1.53. The van der Waals surface area contributed by atoms with Crippen LogP contribution in [0.4, 0.5) is 0 Å². The Kier molecular flexibility index (Phi) is 4.36. The van der Waals surface area contributed by atoms with E-state index in [1.54, 1.807) is 11.3 Å². The van der Waals surface area contributed by atoms with Crippen LogP contribution in [0.15, 0.2) is 41.8 Å². The number of nitrogens with zero attached hydrogens (tertiary/aromatic N) is 1. The third kappa shape index (κ3) is 2.87. The highest BCUT2D eigenvalue weighted by atomic mass is 32.1. The van der Waals surface area contributed by atoms with Crippen LogP contribution in [-0.4, -0.2) is 30.9 Å². The van der Waals surface area contributed by atoms with Crippen molar-refractivity contribution in [2.24, 2.45) is 0 Å². The average Bonchev–Trinajstić information content (AvgIpc) is 3.01. The van der Waals surface area contributed by atoms with Crippen LogP contribution in [0.2, 0.25) is 0 Å². The minimum absolute atomic E-state index is 0.0746. The van der Waals surface area contributed by atoms with E-state index in [4.69, 9.17) is 0 Å². The zero-order valence-electron chi connectivity index (χ0n) is 12.2. The first-order valence-electron chi connectivity index (χ1n) is 7.36. The van der Waals surface area contributed by atoms with Gasteiger partial charge in [0.2, 0.25) is 5.91 Å². The molecule has 1 aliphatic heterocycles. The predicted molar refractivity (Wildman–Crippen MR) is 86.6 cm³/mol. The van der Waals surface area contributed by atoms with Crippen LogP contribution in [0.5, 0.6) is 0 Å². The first kappa shape index (κ1) is 14.3. The lowest BCUT2D eigenvalue weighted by Gasteiger charge is -2.36. The Morgan fingerprint density at radius 3 is 2.90 bits per heavy atom. The molecule has 1 aromatic carbocycles. The molecular weight excluding hydrogens is 280 g/mol. The standard InChI is InChI=1S/C17H20N2OS/c1-18-10-7-16(20)19-11-8-15-14(9-12-21-15)17(19)13-5-3-2-4-6-13/h2-6,9,12,17-18H,7-8,10-11H2,1H3. The average molecular weight is 300 g/mol. The van der Waals surface area contributed by atoms with Gasteiger partial charge in [0.25, 0.3) is 0 Å². The summed E-state index contributed by atoms with van der Waals surface area (Å²) >= 11 is 1.81. The summed E-state index contributed by atoms with van der Waals surface area (Å²) in [6, 6.07) is 12.6. The van der Waals surface area contributed by atoms with E-state index in [9.17, 15) is 4.79 Å². The number of hydrogen-bond donors (Lipinski definition) is 1. The van der Waals surface area contributed by atoms with Crippen molar-refractivity contribution in [2.75, 3.05) is 20.1 Å². The SMILES string of the molecule is CNCCC(=O)N1CCc2sccc2C1c1ccccc1. The summed E-state index contributed by atoms with van der Waals surface area (Å²) < 4.78 is 0. The van der Waals surface area contributed by atoms with Gasteiger partial charge in [-0.1, -0.05) is 30.3 Å². The third-order valence-electron chi connectivity index (χ3n) is 3.99. The predicted octanol–water partition coefficient (Wildman–Crippen LogP) is 2.83. The van der Waals surface area contributed by atoms with Crippen LogP contribution < -0.4 is 5.32 Å². The molecular formula is C17H20N2OS. The first-order chi connectivity index (χ1) is 10.3. The minimum atomic E-state index is 0.0746. The van der Waals surface area contributed by atoms with Crippen molar-refractivity contribution in [1.82, 2.24) is 10.2 Å². The van der Waals surface area contributed by atoms with E-state index in [-0.39, 0.29) is 11.9 Å². The number of fused-ring (bicyclic) bond motifs is 1. The number of carbonyl (C=O) groups excluding carboxylic acids is 1. The van der Waals surface area contributed by atoms with Crippen LogP contribution in [0, 0.1) is 0 Å². The summed E-state index contributed by atoms with van der Waals surface area (Å²) in [6.45, 7) is 1.54. The van der Waals surface area contributed by atoms with E-state index in [0.29, 0.717) is 6.42 Å². The number of nitrogens with one attached hydrogen (secondary N) is 1. The quantitative estimate of drug-likeness (QED) is 0.941. The van der Waals surface area contributed by atoms with E-state index in [0.717, 1.165) is 19.5 Å². The highest BCUT2D eigenvalue weighted by Gasteiger charge is 2.32. The zero-order valence-corrected chi connectivity index (χ0v) is 13.0. The number of carbonyl (C=O) groups is 1. The normalized spacial score (nSPS) is 17.6. The van der Waals surface area contributed by atoms with Gasteiger partial charge in [-0.15, -0.1) is 11.3 Å². The van der Waals surface area contributed by atoms with Gasteiger partial charge in [-0.3, -0.25) is 4.79 Å². The number of thiophene rings is 1. The molecule has 1 amide bonds. The highest BCUT2D eigenvalue weighted by Crippen LogP contribution is 2.37. The second-order valence-electron chi connectivity index (χ2n) is 5.30. The summed E-state index contributed by atoms with van der Waals surface area (Å²) in [5, 5.41) is 5.20. The molecule has 1 unspecified atom stereocenters. The monoisotopic (exact) mass is 300 g/mol. The highest BCUT2D eigenvalue weighted by molar-refractivity contribution is 7.10. The van der Waals surface area contributed by atoms with Crippen LogP contribution >= 0.6 is 11.3 Å². The van der Waals surface area contributed by atoms with E-state index >= 15 is 0 Å². The molecule has 0 saturated heterocycles. The fourth-order valence-corrected chi connectivity index (χ4v) is 3.86. The molecule has 21 heavy (non-hydrogen) atoms. The first-order valence-corrected chi connectivity index (χ1v) is 8.24. The molecule has 110 valence electrons. The van der Waals surface area contributed by atoms with Crippen molar-refractivity contribution >= 4 is 17.2 Å². The van der Waals surface area contributed by atoms with Crippen molar-refractivity contribution in [3.63, 3.8) is 0 Å². The van der Waals surface area contributed by atoms with Crippen LogP contribution in [0.1, 0.15) is 28.5 Å². The van der Waals surface area contributed by atoms with Crippen LogP contribution in [0.3, 0.4) is 0 Å². The van der Waals surface area contributed by atoms with E-state index < -0.39 is 0 Å². The van der Waals surface area contributed by atoms with Crippen molar-refractivity contribution in [2.45, 2.75) is 18.9 Å². The molecule has 3 nitrogen and oxygen atoms in total. The van der Waals surface area contributed by atoms with Crippen molar-refractivity contribution < 1.29 is 4.79 Å². The fraction of sp³-hybridized carbons (Fsp3) is 0.353. The number of benzene rings is 1. The third-order valence-corrected chi connectivity index (χ3v) is 4.99. The molecule has 0 aliphatic carbocycles. The van der Waals surface area contributed by atoms with Crippen molar-refractivity contribution in [3.05, 3.63) is 57.8 Å². The summed E-state index contributed by atoms with van der Waals surface area (Å²) in [5.74, 6) is 0.232. The largest absolute Gasteiger partial charge is 0.331 e. The number of amides is 1. The second kappa shape index (κ2) is 6.41. The Labute approximate surface area is 129 Å². The van der Waals surface area contributed by atoms with Crippen LogP contribution in [-0.2, 0) is 11.2 Å². The molecule has 1 aliphatic rings. The van der Waals surface area contributed by atoms with Gasteiger partial charge < -0.3 is 10.2 Å². The van der Waals surface area contributed by atoms with Gasteiger partial charge in [0.1, 0.15) is 0 Å². The van der Waals surface area contributed by atoms with Gasteiger partial charge in [-0.2, -0.15) is 0 Å². The van der Waals surface area contributed by atoms with Gasteiger partial charge in [0.15, 0.2) is 0 Å². The maximum atomic E-state index is 12.6. The Balaban J connectivity index is 1.95. The molecule has 0 saturated carbocycles. The maximum absolute atomic E-state index is 12.6. The van der Waals surface area contributed by atoms with E-state index in [1.807, 2.05) is 30.1 Å². The molecule has 1 atom stereocenters. The topological polar surface area (TPSA) is 32.3 Å². The van der Waals surface area contributed by atoms with Gasteiger partial charge in [0.05, 0.1) is 6.04 Å². The fourth-order valence-electron chi connectivity index (χ4n) is 2.96. The van der Waals surface area contributed by atoms with E-state index in [1.165, 1.54) is 16.0 Å². The molecule has 2 heterocycles. The lowest BCUT2D eigenvalue weighted by atomic mass is 9.93. The Hall–Kier alpha value is -1.65. The molecule has 4 heteroatoms. The summed E-state index contributed by atoms with van der Waals surface area (Å²) in [4.78, 5) is 16.0. The summed E-state index contributed by atoms with van der Waals surface area (Å²) in [5.41, 5.74) is 2.50.